The number of nitrogens with zero attached hydrogens (tertiary/aromatic N) is 4. The van der Waals surface area contributed by atoms with E-state index in [1.165, 1.54) is 12.5 Å². The summed E-state index contributed by atoms with van der Waals surface area (Å²) in [5.41, 5.74) is -0.224. The zero-order valence-corrected chi connectivity index (χ0v) is 16.1. The van der Waals surface area contributed by atoms with Crippen LogP contribution in [-0.2, 0) is 4.74 Å². The average Bonchev–Trinajstić information content (AvgIpc) is 2.95. The van der Waals surface area contributed by atoms with E-state index in [1.807, 2.05) is 0 Å². The summed E-state index contributed by atoms with van der Waals surface area (Å²) in [6, 6.07) is 0. The molecule has 1 amide bonds. The number of halogens is 1. The van der Waals surface area contributed by atoms with Crippen LogP contribution in [0.1, 0.15) is 31.3 Å². The Morgan fingerprint density at radius 3 is 2.75 bits per heavy atom. The first-order valence-corrected chi connectivity index (χ1v) is 8.16. The highest BCUT2D eigenvalue weighted by molar-refractivity contribution is 14.1. The Morgan fingerprint density at radius 1 is 1.50 bits per heavy atom. The number of hydrogen-bond donors (Lipinski definition) is 1. The van der Waals surface area contributed by atoms with Crippen molar-refractivity contribution < 1.29 is 14.3 Å². The first kappa shape index (κ1) is 20.0. The number of ether oxygens (including phenoxy) is 1. The molecule has 8 nitrogen and oxygen atoms in total. The molecule has 0 unspecified atom stereocenters. The average molecular weight is 445 g/mol. The molecule has 24 heavy (non-hydrogen) atoms. The Hall–Kier alpha value is -2.04. The Labute approximate surface area is 154 Å². The van der Waals surface area contributed by atoms with Gasteiger partial charge in [0.2, 0.25) is 5.96 Å². The second-order valence-corrected chi connectivity index (χ2v) is 6.82. The molecular formula is C15H20IN5O3. The van der Waals surface area contributed by atoms with Crippen molar-refractivity contribution >= 4 is 47.1 Å². The summed E-state index contributed by atoms with van der Waals surface area (Å²) in [6.45, 7) is 5.72. The van der Waals surface area contributed by atoms with E-state index in [-0.39, 0.29) is 0 Å². The number of aldehydes is 1. The molecule has 130 valence electrons. The van der Waals surface area contributed by atoms with Gasteiger partial charge in [-0.2, -0.15) is 0 Å². The Kier molecular flexibility index (Phi) is 7.75. The van der Waals surface area contributed by atoms with Crippen LogP contribution in [0.25, 0.3) is 0 Å². The molecule has 1 heterocycles. The molecule has 1 N–H and O–H groups in total. The topological polar surface area (TPSA) is 97.9 Å². The van der Waals surface area contributed by atoms with Gasteiger partial charge in [-0.15, -0.1) is 0 Å². The van der Waals surface area contributed by atoms with Gasteiger partial charge in [0, 0.05) is 29.6 Å². The fraction of sp³-hybridized carbons (Fsp3) is 0.400. The van der Waals surface area contributed by atoms with E-state index in [0.717, 1.165) is 3.58 Å². The maximum Gasteiger partial charge on any atom is 0.407 e. The number of hydrogen-bond acceptors (Lipinski definition) is 5. The first-order chi connectivity index (χ1) is 11.2. The van der Waals surface area contributed by atoms with Crippen LogP contribution in [-0.4, -0.2) is 53.3 Å². The van der Waals surface area contributed by atoms with Gasteiger partial charge >= 0.3 is 6.09 Å². The number of alkyl carbamates (subject to hydrolysis) is 1. The highest BCUT2D eigenvalue weighted by Crippen LogP contribution is 2.06. The summed E-state index contributed by atoms with van der Waals surface area (Å²) in [5.74, 6) is 0.387. The number of carbonyl (C=O) groups is 2. The molecule has 0 aliphatic heterocycles. The largest absolute Gasteiger partial charge is 0.444 e. The third kappa shape index (κ3) is 7.49. The Morgan fingerprint density at radius 2 is 2.21 bits per heavy atom. The minimum absolute atomic E-state index is 0.304. The molecule has 0 aromatic carbocycles. The predicted molar refractivity (Wildman–Crippen MR) is 101 cm³/mol. The van der Waals surface area contributed by atoms with Crippen LogP contribution < -0.4 is 5.32 Å². The minimum Gasteiger partial charge on any atom is -0.444 e. The van der Waals surface area contributed by atoms with Crippen LogP contribution >= 0.6 is 22.6 Å². The minimum atomic E-state index is -0.528. The molecule has 1 aromatic heterocycles. The third-order valence-corrected chi connectivity index (χ3v) is 3.12. The van der Waals surface area contributed by atoms with E-state index < -0.39 is 11.7 Å². The Bertz CT molecular complexity index is 671. The molecule has 1 aromatic rings. The zero-order valence-electron chi connectivity index (χ0n) is 14.0. The van der Waals surface area contributed by atoms with E-state index in [0.29, 0.717) is 24.5 Å². The van der Waals surface area contributed by atoms with Crippen molar-refractivity contribution in [3.05, 3.63) is 27.9 Å². The fourth-order valence-corrected chi connectivity index (χ4v) is 1.83. The number of allylic oxidation sites excluding steroid dienone is 1. The highest BCUT2D eigenvalue weighted by atomic mass is 127. The van der Waals surface area contributed by atoms with Gasteiger partial charge in [-0.3, -0.25) is 14.4 Å². The van der Waals surface area contributed by atoms with Gasteiger partial charge in [0.15, 0.2) is 6.29 Å². The molecule has 0 bridgehead atoms. The summed E-state index contributed by atoms with van der Waals surface area (Å²) in [4.78, 5) is 34.3. The molecule has 0 saturated carbocycles. The normalized spacial score (nSPS) is 13.2. The van der Waals surface area contributed by atoms with Crippen LogP contribution in [0.2, 0.25) is 0 Å². The molecule has 0 saturated heterocycles. The summed E-state index contributed by atoms with van der Waals surface area (Å²) >= 11 is 2.08. The smallest absolute Gasteiger partial charge is 0.407 e. The summed E-state index contributed by atoms with van der Waals surface area (Å²) < 4.78 is 7.48. The van der Waals surface area contributed by atoms with Crippen LogP contribution in [0.4, 0.5) is 4.79 Å². The van der Waals surface area contributed by atoms with Crippen molar-refractivity contribution in [3.63, 3.8) is 0 Å². The second-order valence-electron chi connectivity index (χ2n) is 5.58. The Balaban J connectivity index is 2.58. The van der Waals surface area contributed by atoms with E-state index in [4.69, 9.17) is 4.74 Å². The summed E-state index contributed by atoms with van der Waals surface area (Å²) in [6.07, 6.45) is 6.55. The number of aliphatic imine (C=N–C) groups is 2. The SMILES string of the molecule is C\N=C(/N=C\C(I)=C\CNC(=O)OC(C)(C)C)n1cnc(C=O)c1. The highest BCUT2D eigenvalue weighted by Gasteiger charge is 2.15. The molecule has 0 radical (unpaired) electrons. The molecule has 0 atom stereocenters. The fourth-order valence-electron chi connectivity index (χ4n) is 1.47. The quantitative estimate of drug-likeness (QED) is 0.333. The molecule has 0 aliphatic rings. The van der Waals surface area contributed by atoms with Crippen LogP contribution in [0.15, 0.2) is 32.2 Å². The molecule has 9 heteroatoms. The lowest BCUT2D eigenvalue weighted by Crippen LogP contribution is -2.32. The molecule has 0 aliphatic carbocycles. The number of amides is 1. The molecular weight excluding hydrogens is 425 g/mol. The van der Waals surface area contributed by atoms with Gasteiger partial charge in [0.1, 0.15) is 17.6 Å². The summed E-state index contributed by atoms with van der Waals surface area (Å²) in [7, 11) is 1.59. The molecule has 0 fully saturated rings. The molecule has 0 spiro atoms. The van der Waals surface area contributed by atoms with Gasteiger partial charge in [-0.1, -0.05) is 6.08 Å². The van der Waals surface area contributed by atoms with Crippen molar-refractivity contribution in [2.45, 2.75) is 26.4 Å². The van der Waals surface area contributed by atoms with Gasteiger partial charge in [0.25, 0.3) is 0 Å². The van der Waals surface area contributed by atoms with Gasteiger partial charge < -0.3 is 10.1 Å². The van der Waals surface area contributed by atoms with Gasteiger partial charge in [-0.05, 0) is 43.4 Å². The second kappa shape index (κ2) is 9.30. The maximum atomic E-state index is 11.5. The molecule has 1 rings (SSSR count). The third-order valence-electron chi connectivity index (χ3n) is 2.40. The lowest BCUT2D eigenvalue weighted by Gasteiger charge is -2.19. The van der Waals surface area contributed by atoms with Crippen molar-refractivity contribution in [2.75, 3.05) is 13.6 Å². The van der Waals surface area contributed by atoms with Crippen LogP contribution in [0.3, 0.4) is 0 Å². The van der Waals surface area contributed by atoms with Crippen LogP contribution in [0, 0.1) is 0 Å². The number of aromatic nitrogens is 2. The lowest BCUT2D eigenvalue weighted by molar-refractivity contribution is 0.0534. The predicted octanol–water partition coefficient (Wildman–Crippen LogP) is 2.44. The van der Waals surface area contributed by atoms with Crippen molar-refractivity contribution in [1.82, 2.24) is 14.9 Å². The van der Waals surface area contributed by atoms with Crippen molar-refractivity contribution in [1.29, 1.82) is 0 Å². The number of nitrogens with one attached hydrogen (secondary N) is 1. The maximum absolute atomic E-state index is 11.5. The van der Waals surface area contributed by atoms with Crippen LogP contribution in [0.5, 0.6) is 0 Å². The number of imidazole rings is 1. The van der Waals surface area contributed by atoms with E-state index >= 15 is 0 Å². The zero-order chi connectivity index (χ0) is 18.2. The standard InChI is InChI=1S/C15H20IN5O3/c1-15(2,3)24-14(23)18-6-5-11(16)7-19-13(17-4)21-8-12(9-22)20-10-21/h5,7-10H,6H2,1-4H3,(H,18,23)/b11-5-,17-13+,19-7-. The summed E-state index contributed by atoms with van der Waals surface area (Å²) in [5, 5.41) is 2.63. The van der Waals surface area contributed by atoms with E-state index in [2.05, 4.69) is 42.9 Å². The van der Waals surface area contributed by atoms with E-state index in [1.54, 1.807) is 44.7 Å². The number of rotatable bonds is 4. The van der Waals surface area contributed by atoms with Crippen molar-refractivity contribution in [3.8, 4) is 0 Å². The van der Waals surface area contributed by atoms with Gasteiger partial charge in [-0.25, -0.2) is 14.8 Å². The van der Waals surface area contributed by atoms with E-state index in [9.17, 15) is 9.59 Å². The van der Waals surface area contributed by atoms with Gasteiger partial charge in [0.05, 0.1) is 0 Å². The van der Waals surface area contributed by atoms with Crippen molar-refractivity contribution in [2.24, 2.45) is 9.98 Å². The first-order valence-electron chi connectivity index (χ1n) is 7.08. The number of carbonyl (C=O) groups excluding carboxylic acids is 2. The lowest BCUT2D eigenvalue weighted by atomic mass is 10.2. The monoisotopic (exact) mass is 445 g/mol.